The maximum absolute atomic E-state index is 12.0. The largest absolute Gasteiger partial charge is 0.573 e. The molecule has 0 atom stereocenters. The molecule has 0 bridgehead atoms. The molecule has 1 aromatic carbocycles. The zero-order chi connectivity index (χ0) is 13.2. The molecular formula is C8H3Br2F5O2. The molecule has 0 aliphatic heterocycles. The van der Waals surface area contributed by atoms with Gasteiger partial charge in [0.1, 0.15) is 11.5 Å². The van der Waals surface area contributed by atoms with Crippen molar-refractivity contribution in [2.24, 2.45) is 0 Å². The summed E-state index contributed by atoms with van der Waals surface area (Å²) in [6.45, 7) is -3.08. The molecule has 0 aliphatic carbocycles. The molecule has 1 rings (SSSR count). The molecule has 0 saturated carbocycles. The topological polar surface area (TPSA) is 18.5 Å². The second-order valence-corrected chi connectivity index (χ2v) is 4.20. The first kappa shape index (κ1) is 14.5. The monoisotopic (exact) mass is 384 g/mol. The van der Waals surface area contributed by atoms with Crippen LogP contribution in [0.5, 0.6) is 11.5 Å². The molecule has 2 nitrogen and oxygen atoms in total. The molecule has 0 unspecified atom stereocenters. The minimum absolute atomic E-state index is 0.0976. The Morgan fingerprint density at radius 1 is 1.00 bits per heavy atom. The van der Waals surface area contributed by atoms with E-state index in [0.29, 0.717) is 0 Å². The van der Waals surface area contributed by atoms with Crippen LogP contribution in [0.3, 0.4) is 0 Å². The third-order valence-corrected chi connectivity index (χ3v) is 3.56. The van der Waals surface area contributed by atoms with Gasteiger partial charge in [-0.2, -0.15) is 8.78 Å². The second kappa shape index (κ2) is 5.38. The summed E-state index contributed by atoms with van der Waals surface area (Å²) in [5, 5.41) is 0. The number of alkyl halides is 5. The third kappa shape index (κ3) is 4.30. The summed E-state index contributed by atoms with van der Waals surface area (Å²) in [4.78, 5) is 0. The van der Waals surface area contributed by atoms with Crippen molar-refractivity contribution in [3.8, 4) is 11.5 Å². The normalized spacial score (nSPS) is 11.8. The van der Waals surface area contributed by atoms with Crippen LogP contribution < -0.4 is 9.47 Å². The number of rotatable bonds is 3. The fraction of sp³-hybridized carbons (Fsp3) is 0.250. The highest BCUT2D eigenvalue weighted by atomic mass is 79.9. The van der Waals surface area contributed by atoms with Crippen molar-refractivity contribution in [1.82, 2.24) is 0 Å². The predicted octanol–water partition coefficient (Wildman–Crippen LogP) is 4.71. The number of hydrogen-bond acceptors (Lipinski definition) is 2. The molecular weight excluding hydrogens is 383 g/mol. The zero-order valence-corrected chi connectivity index (χ0v) is 10.9. The number of benzene rings is 1. The molecule has 0 aliphatic rings. The molecule has 0 radical (unpaired) electrons. The van der Waals surface area contributed by atoms with Gasteiger partial charge in [-0.25, -0.2) is 0 Å². The van der Waals surface area contributed by atoms with E-state index in [1.54, 1.807) is 0 Å². The first-order valence-electron chi connectivity index (χ1n) is 3.89. The number of halogens is 7. The van der Waals surface area contributed by atoms with E-state index < -0.39 is 18.7 Å². The molecule has 0 N–H and O–H groups in total. The highest BCUT2D eigenvalue weighted by Crippen LogP contribution is 2.41. The van der Waals surface area contributed by atoms with Gasteiger partial charge in [-0.1, -0.05) is 0 Å². The summed E-state index contributed by atoms with van der Waals surface area (Å²) in [6.07, 6.45) is -4.87. The van der Waals surface area contributed by atoms with Crippen LogP contribution in [0.1, 0.15) is 0 Å². The van der Waals surface area contributed by atoms with Crippen LogP contribution in [0.25, 0.3) is 0 Å². The number of hydrogen-bond donors (Lipinski definition) is 0. The Labute approximate surface area is 109 Å². The molecule has 0 fully saturated rings. The number of ether oxygens (including phenoxy) is 2. The van der Waals surface area contributed by atoms with Crippen molar-refractivity contribution < 1.29 is 31.4 Å². The first-order chi connectivity index (χ1) is 7.70. The average molecular weight is 386 g/mol. The fourth-order valence-corrected chi connectivity index (χ4v) is 1.73. The van der Waals surface area contributed by atoms with Gasteiger partial charge in [-0.05, 0) is 44.0 Å². The Hall–Kier alpha value is -0.570. The molecule has 0 saturated heterocycles. The van der Waals surface area contributed by atoms with Crippen molar-refractivity contribution >= 4 is 31.9 Å². The van der Waals surface area contributed by atoms with Crippen molar-refractivity contribution in [2.45, 2.75) is 13.0 Å². The highest BCUT2D eigenvalue weighted by Gasteiger charge is 2.32. The summed E-state index contributed by atoms with van der Waals surface area (Å²) < 4.78 is 67.2. The van der Waals surface area contributed by atoms with E-state index in [4.69, 9.17) is 0 Å². The minimum atomic E-state index is -4.87. The average Bonchev–Trinajstić information content (AvgIpc) is 2.15. The SMILES string of the molecule is FC(F)Oc1ccc(OC(F)(F)F)c(Br)c1Br. The summed E-state index contributed by atoms with van der Waals surface area (Å²) >= 11 is 5.59. The van der Waals surface area contributed by atoms with E-state index in [9.17, 15) is 22.0 Å². The van der Waals surface area contributed by atoms with Gasteiger partial charge < -0.3 is 9.47 Å². The van der Waals surface area contributed by atoms with Crippen molar-refractivity contribution in [1.29, 1.82) is 0 Å². The first-order valence-corrected chi connectivity index (χ1v) is 5.48. The van der Waals surface area contributed by atoms with Crippen molar-refractivity contribution in [2.75, 3.05) is 0 Å². The van der Waals surface area contributed by atoms with Gasteiger partial charge in [0.05, 0.1) is 8.95 Å². The molecule has 0 aromatic heterocycles. The molecule has 0 heterocycles. The van der Waals surface area contributed by atoms with Gasteiger partial charge in [0.25, 0.3) is 0 Å². The van der Waals surface area contributed by atoms with Gasteiger partial charge in [0, 0.05) is 0 Å². The lowest BCUT2D eigenvalue weighted by Gasteiger charge is -2.13. The maximum Gasteiger partial charge on any atom is 0.573 e. The van der Waals surface area contributed by atoms with Crippen molar-refractivity contribution in [3.63, 3.8) is 0 Å². The summed E-state index contributed by atoms with van der Waals surface area (Å²) in [7, 11) is 0. The van der Waals surface area contributed by atoms with Gasteiger partial charge in [-0.15, -0.1) is 13.2 Å². The molecule has 0 amide bonds. The summed E-state index contributed by atoms with van der Waals surface area (Å²) in [6, 6.07) is 1.79. The van der Waals surface area contributed by atoms with Crippen LogP contribution in [0.15, 0.2) is 21.1 Å². The van der Waals surface area contributed by atoms with Crippen LogP contribution in [0.4, 0.5) is 22.0 Å². The molecule has 1 aromatic rings. The van der Waals surface area contributed by atoms with E-state index in [0.717, 1.165) is 12.1 Å². The van der Waals surface area contributed by atoms with Crippen LogP contribution >= 0.6 is 31.9 Å². The Bertz CT molecular complexity index is 408. The maximum atomic E-state index is 12.0. The van der Waals surface area contributed by atoms with E-state index in [2.05, 4.69) is 41.3 Å². The van der Waals surface area contributed by atoms with Crippen LogP contribution in [0.2, 0.25) is 0 Å². The third-order valence-electron chi connectivity index (χ3n) is 1.45. The lowest BCUT2D eigenvalue weighted by molar-refractivity contribution is -0.274. The lowest BCUT2D eigenvalue weighted by Crippen LogP contribution is -2.17. The Morgan fingerprint density at radius 2 is 1.47 bits per heavy atom. The van der Waals surface area contributed by atoms with Gasteiger partial charge >= 0.3 is 13.0 Å². The Kier molecular flexibility index (Phi) is 4.59. The molecule has 0 spiro atoms. The fourth-order valence-electron chi connectivity index (χ4n) is 0.905. The minimum Gasteiger partial charge on any atom is -0.434 e. The predicted molar refractivity (Wildman–Crippen MR) is 55.2 cm³/mol. The van der Waals surface area contributed by atoms with Gasteiger partial charge in [0.15, 0.2) is 0 Å². The molecule has 9 heteroatoms. The summed E-state index contributed by atoms with van der Waals surface area (Å²) in [5.41, 5.74) is 0. The highest BCUT2D eigenvalue weighted by molar-refractivity contribution is 9.13. The smallest absolute Gasteiger partial charge is 0.434 e. The van der Waals surface area contributed by atoms with Crippen molar-refractivity contribution in [3.05, 3.63) is 21.1 Å². The van der Waals surface area contributed by atoms with E-state index in [-0.39, 0.29) is 14.7 Å². The zero-order valence-electron chi connectivity index (χ0n) is 7.69. The van der Waals surface area contributed by atoms with Crippen LogP contribution in [0, 0.1) is 0 Å². The molecule has 96 valence electrons. The van der Waals surface area contributed by atoms with Gasteiger partial charge in [-0.3, -0.25) is 0 Å². The second-order valence-electron chi connectivity index (χ2n) is 2.62. The Morgan fingerprint density at radius 3 is 1.94 bits per heavy atom. The van der Waals surface area contributed by atoms with E-state index >= 15 is 0 Å². The standard InChI is InChI=1S/C8H3Br2F5O2/c9-5-3(16-7(11)12)1-2-4(6(5)10)17-8(13,14)15/h1-2,7H. The van der Waals surface area contributed by atoms with E-state index in [1.165, 1.54) is 0 Å². The van der Waals surface area contributed by atoms with Gasteiger partial charge in [0.2, 0.25) is 0 Å². The lowest BCUT2D eigenvalue weighted by atomic mass is 10.3. The van der Waals surface area contributed by atoms with E-state index in [1.807, 2.05) is 0 Å². The summed E-state index contributed by atoms with van der Waals surface area (Å²) in [5.74, 6) is -0.868. The Balaban J connectivity index is 3.02. The molecule has 17 heavy (non-hydrogen) atoms. The van der Waals surface area contributed by atoms with Crippen LogP contribution in [-0.2, 0) is 0 Å². The quantitative estimate of drug-likeness (QED) is 0.701. The van der Waals surface area contributed by atoms with Crippen LogP contribution in [-0.4, -0.2) is 13.0 Å².